The number of sulfone groups is 1. The highest BCUT2D eigenvalue weighted by atomic mass is 32.2. The largest absolute Gasteiger partial charge is 0.419 e. The van der Waals surface area contributed by atoms with Crippen LogP contribution >= 0.6 is 0 Å². The Labute approximate surface area is 216 Å². The summed E-state index contributed by atoms with van der Waals surface area (Å²) in [4.78, 5) is 26.2. The number of fused-ring (bicyclic) bond motifs is 1. The second-order valence-corrected chi connectivity index (χ2v) is 11.2. The summed E-state index contributed by atoms with van der Waals surface area (Å²) in [7, 11) is -3.38. The van der Waals surface area contributed by atoms with Crippen LogP contribution in [0.1, 0.15) is 29.0 Å². The van der Waals surface area contributed by atoms with E-state index in [9.17, 15) is 18.0 Å². The zero-order valence-electron chi connectivity index (χ0n) is 20.2. The van der Waals surface area contributed by atoms with E-state index in [0.717, 1.165) is 33.1 Å². The zero-order chi connectivity index (χ0) is 26.5. The Morgan fingerprint density at radius 2 is 1.74 bits per heavy atom. The Morgan fingerprint density at radius 3 is 2.45 bits per heavy atom. The maximum Gasteiger partial charge on any atom is 0.349 e. The van der Waals surface area contributed by atoms with Crippen molar-refractivity contribution < 1.29 is 12.8 Å². The van der Waals surface area contributed by atoms with Crippen LogP contribution in [0.4, 0.5) is 0 Å². The van der Waals surface area contributed by atoms with E-state index in [1.165, 1.54) is 6.26 Å². The maximum absolute atomic E-state index is 12.3. The van der Waals surface area contributed by atoms with Gasteiger partial charge < -0.3 is 4.42 Å². The SMILES string of the molecule is CS(=O)(=O)c1ccc(C2(c3nnc(-c4ccccc4)o3)CCc3cc(-n4ncc(=O)[nH]c4=O)ccc32)cc1. The molecule has 0 aliphatic heterocycles. The van der Waals surface area contributed by atoms with Gasteiger partial charge in [0.25, 0.3) is 5.56 Å². The minimum atomic E-state index is -3.38. The average Bonchev–Trinajstić information content (AvgIpc) is 3.55. The molecule has 1 aliphatic carbocycles. The van der Waals surface area contributed by atoms with Crippen LogP contribution < -0.4 is 11.2 Å². The van der Waals surface area contributed by atoms with Crippen LogP contribution in [-0.2, 0) is 21.7 Å². The van der Waals surface area contributed by atoms with Crippen LogP contribution in [0.3, 0.4) is 0 Å². The Balaban J connectivity index is 1.53. The summed E-state index contributed by atoms with van der Waals surface area (Å²) in [6.07, 6.45) is 3.42. The van der Waals surface area contributed by atoms with Crippen LogP contribution in [0.25, 0.3) is 17.1 Å². The first-order valence-corrected chi connectivity index (χ1v) is 13.7. The van der Waals surface area contributed by atoms with E-state index in [1.807, 2.05) is 42.5 Å². The summed E-state index contributed by atoms with van der Waals surface area (Å²) < 4.78 is 31.6. The van der Waals surface area contributed by atoms with Gasteiger partial charge in [-0.2, -0.15) is 9.78 Å². The van der Waals surface area contributed by atoms with Gasteiger partial charge in [-0.1, -0.05) is 36.4 Å². The van der Waals surface area contributed by atoms with Crippen molar-refractivity contribution in [3.8, 4) is 17.1 Å². The molecule has 0 bridgehead atoms. The Kier molecular flexibility index (Phi) is 5.46. The number of hydrogen-bond acceptors (Lipinski definition) is 8. The molecule has 1 N–H and O–H groups in total. The molecule has 1 aliphatic rings. The van der Waals surface area contributed by atoms with Crippen LogP contribution in [0, 0.1) is 0 Å². The highest BCUT2D eigenvalue weighted by Crippen LogP contribution is 2.49. The van der Waals surface area contributed by atoms with Gasteiger partial charge in [-0.3, -0.25) is 9.78 Å². The summed E-state index contributed by atoms with van der Waals surface area (Å²) >= 11 is 0. The van der Waals surface area contributed by atoms with Crippen molar-refractivity contribution in [2.45, 2.75) is 23.2 Å². The number of hydrogen-bond donors (Lipinski definition) is 1. The number of aryl methyl sites for hydroxylation is 1. The lowest BCUT2D eigenvalue weighted by Crippen LogP contribution is -2.30. The van der Waals surface area contributed by atoms with Crippen LogP contribution in [0.5, 0.6) is 0 Å². The molecule has 3 aromatic carbocycles. The third-order valence-electron chi connectivity index (χ3n) is 6.86. The fourth-order valence-corrected chi connectivity index (χ4v) is 5.68. The first kappa shape index (κ1) is 23.7. The molecule has 10 nitrogen and oxygen atoms in total. The minimum absolute atomic E-state index is 0.212. The Hall–Kier alpha value is -4.64. The predicted molar refractivity (Wildman–Crippen MR) is 138 cm³/mol. The number of rotatable bonds is 5. The number of benzene rings is 3. The van der Waals surface area contributed by atoms with Crippen molar-refractivity contribution in [3.05, 3.63) is 122 Å². The first-order chi connectivity index (χ1) is 18.3. The minimum Gasteiger partial charge on any atom is -0.419 e. The summed E-state index contributed by atoms with van der Waals surface area (Å²) in [6.45, 7) is 0. The monoisotopic (exact) mass is 527 g/mol. The Morgan fingerprint density at radius 1 is 0.974 bits per heavy atom. The van der Waals surface area contributed by atoms with Gasteiger partial charge in [0.2, 0.25) is 11.8 Å². The lowest BCUT2D eigenvalue weighted by atomic mass is 9.75. The number of aromatic nitrogens is 5. The van der Waals surface area contributed by atoms with Gasteiger partial charge in [-0.15, -0.1) is 10.2 Å². The van der Waals surface area contributed by atoms with Crippen molar-refractivity contribution in [3.63, 3.8) is 0 Å². The number of nitrogens with zero attached hydrogens (tertiary/aromatic N) is 4. The van der Waals surface area contributed by atoms with Crippen molar-refractivity contribution in [1.82, 2.24) is 25.0 Å². The van der Waals surface area contributed by atoms with Gasteiger partial charge in [0.05, 0.1) is 16.0 Å². The lowest BCUT2D eigenvalue weighted by Gasteiger charge is -2.27. The topological polar surface area (TPSA) is 141 Å². The number of nitrogens with one attached hydrogen (secondary N) is 1. The van der Waals surface area contributed by atoms with E-state index in [-0.39, 0.29) is 4.90 Å². The van der Waals surface area contributed by atoms with Crippen molar-refractivity contribution >= 4 is 9.84 Å². The molecule has 5 aromatic rings. The standard InChI is InChI=1S/C27H21N5O5S/c1-38(35,36)21-10-7-19(8-11-21)27(25-31-30-24(37-25)17-5-3-2-4-6-17)14-13-18-15-20(9-12-22(18)27)32-26(34)29-23(33)16-28-32/h2-12,15-16H,13-14H2,1H3,(H,29,33,34). The molecule has 0 saturated heterocycles. The van der Waals surface area contributed by atoms with E-state index in [0.29, 0.717) is 30.3 Å². The van der Waals surface area contributed by atoms with Crippen LogP contribution in [0.2, 0.25) is 0 Å². The van der Waals surface area contributed by atoms with E-state index < -0.39 is 26.5 Å². The molecule has 0 radical (unpaired) electrons. The van der Waals surface area contributed by atoms with Gasteiger partial charge in [-0.25, -0.2) is 13.2 Å². The van der Waals surface area contributed by atoms with Crippen molar-refractivity contribution in [1.29, 1.82) is 0 Å². The maximum atomic E-state index is 12.3. The molecule has 2 aromatic heterocycles. The summed E-state index contributed by atoms with van der Waals surface area (Å²) in [6, 6.07) is 21.6. The fraction of sp³-hybridized carbons (Fsp3) is 0.148. The molecule has 0 saturated carbocycles. The third-order valence-corrected chi connectivity index (χ3v) is 7.99. The number of aromatic amines is 1. The van der Waals surface area contributed by atoms with Gasteiger partial charge in [0.15, 0.2) is 9.84 Å². The molecule has 38 heavy (non-hydrogen) atoms. The molecule has 11 heteroatoms. The smallest absolute Gasteiger partial charge is 0.349 e. The van der Waals surface area contributed by atoms with Gasteiger partial charge in [0, 0.05) is 11.8 Å². The summed E-state index contributed by atoms with van der Waals surface area (Å²) in [5, 5.41) is 12.7. The van der Waals surface area contributed by atoms with Gasteiger partial charge in [-0.05, 0) is 65.9 Å². The Bertz CT molecular complexity index is 1890. The van der Waals surface area contributed by atoms with E-state index >= 15 is 0 Å². The van der Waals surface area contributed by atoms with Gasteiger partial charge in [0.1, 0.15) is 6.20 Å². The van der Waals surface area contributed by atoms with Crippen LogP contribution in [0.15, 0.2) is 97.9 Å². The molecule has 2 heterocycles. The molecular weight excluding hydrogens is 506 g/mol. The molecule has 0 amide bonds. The first-order valence-electron chi connectivity index (χ1n) is 11.8. The highest BCUT2D eigenvalue weighted by Gasteiger charge is 2.46. The molecule has 1 atom stereocenters. The molecular formula is C27H21N5O5S. The molecule has 1 unspecified atom stereocenters. The molecule has 0 fully saturated rings. The fourth-order valence-electron chi connectivity index (χ4n) is 5.05. The van der Waals surface area contributed by atoms with Crippen molar-refractivity contribution in [2.24, 2.45) is 0 Å². The summed E-state index contributed by atoms with van der Waals surface area (Å²) in [5.41, 5.74) is 1.88. The highest BCUT2D eigenvalue weighted by molar-refractivity contribution is 7.90. The second-order valence-electron chi connectivity index (χ2n) is 9.17. The zero-order valence-corrected chi connectivity index (χ0v) is 21.0. The average molecular weight is 528 g/mol. The quantitative estimate of drug-likeness (QED) is 0.368. The van der Waals surface area contributed by atoms with E-state index in [1.54, 1.807) is 30.3 Å². The van der Waals surface area contributed by atoms with Gasteiger partial charge >= 0.3 is 5.69 Å². The molecule has 0 spiro atoms. The predicted octanol–water partition coefficient (Wildman–Crippen LogP) is 2.65. The lowest BCUT2D eigenvalue weighted by molar-refractivity contribution is 0.416. The number of H-pyrrole nitrogens is 1. The third kappa shape index (κ3) is 3.88. The summed E-state index contributed by atoms with van der Waals surface area (Å²) in [5.74, 6) is 0.760. The molecule has 190 valence electrons. The van der Waals surface area contributed by atoms with E-state index in [4.69, 9.17) is 4.42 Å². The van der Waals surface area contributed by atoms with E-state index in [2.05, 4.69) is 20.3 Å². The normalized spacial score (nSPS) is 16.9. The van der Waals surface area contributed by atoms with Crippen molar-refractivity contribution in [2.75, 3.05) is 6.26 Å². The second kappa shape index (κ2) is 8.73. The van der Waals surface area contributed by atoms with Crippen LogP contribution in [-0.4, -0.2) is 39.6 Å². The molecule has 6 rings (SSSR count).